The van der Waals surface area contributed by atoms with E-state index in [0.29, 0.717) is 23.6 Å². The Labute approximate surface area is 256 Å². The molecule has 1 aromatic heterocycles. The molecule has 0 bridgehead atoms. The van der Waals surface area contributed by atoms with Crippen LogP contribution in [0.15, 0.2) is 90.5 Å². The van der Waals surface area contributed by atoms with Gasteiger partial charge in [-0.1, -0.05) is 68.0 Å². The predicted octanol–water partition coefficient (Wildman–Crippen LogP) is 7.84. The molecule has 1 amide bonds. The first kappa shape index (κ1) is 27.7. The minimum Gasteiger partial charge on any atom is -0.477 e. The van der Waals surface area contributed by atoms with Crippen LogP contribution in [0.3, 0.4) is 0 Å². The number of para-hydroxylation sites is 1. The number of hydrogen-bond acceptors (Lipinski definition) is 4. The summed E-state index contributed by atoms with van der Waals surface area (Å²) in [5.41, 5.74) is 8.09. The third-order valence-corrected chi connectivity index (χ3v) is 9.13. The third kappa shape index (κ3) is 4.94. The van der Waals surface area contributed by atoms with Crippen LogP contribution in [-0.2, 0) is 16.0 Å². The lowest BCUT2D eigenvalue weighted by molar-refractivity contribution is -0.129. The maximum Gasteiger partial charge on any atom is 0.354 e. The number of aromatic amines is 1. The molecule has 3 atom stereocenters. The summed E-state index contributed by atoms with van der Waals surface area (Å²) in [7, 11) is 0. The number of nitrogens with zero attached hydrogens (tertiary/aromatic N) is 1. The molecule has 1 aliphatic heterocycles. The van der Waals surface area contributed by atoms with E-state index in [1.165, 1.54) is 51.6 Å². The van der Waals surface area contributed by atoms with Crippen molar-refractivity contribution in [3.8, 4) is 0 Å². The first-order valence-electron chi connectivity index (χ1n) is 15.2. The van der Waals surface area contributed by atoms with E-state index in [4.69, 9.17) is 5.41 Å². The topological polar surface area (TPSA) is 109 Å². The van der Waals surface area contributed by atoms with E-state index >= 15 is 0 Å². The number of carbonyl (C=O) groups is 2. The first-order valence-corrected chi connectivity index (χ1v) is 15.2. The fraction of sp³-hybridized carbons (Fsp3) is 0.216. The van der Waals surface area contributed by atoms with Crippen molar-refractivity contribution in [3.63, 3.8) is 0 Å². The van der Waals surface area contributed by atoms with E-state index in [-0.39, 0.29) is 5.57 Å². The highest BCUT2D eigenvalue weighted by molar-refractivity contribution is 6.48. The fourth-order valence-electron chi connectivity index (χ4n) is 7.09. The molecule has 0 radical (unpaired) electrons. The van der Waals surface area contributed by atoms with E-state index in [1.807, 2.05) is 12.1 Å². The summed E-state index contributed by atoms with van der Waals surface area (Å²) < 4.78 is 0. The molecule has 4 N–H and O–H groups in total. The summed E-state index contributed by atoms with van der Waals surface area (Å²) in [6, 6.07) is 22.5. The molecule has 7 nitrogen and oxygen atoms in total. The Morgan fingerprint density at radius 1 is 1.07 bits per heavy atom. The molecule has 44 heavy (non-hydrogen) atoms. The van der Waals surface area contributed by atoms with Crippen molar-refractivity contribution in [1.82, 2.24) is 4.98 Å². The largest absolute Gasteiger partial charge is 0.477 e. The smallest absolute Gasteiger partial charge is 0.354 e. The van der Waals surface area contributed by atoms with Crippen LogP contribution >= 0.6 is 0 Å². The minimum atomic E-state index is -1.46. The zero-order chi connectivity index (χ0) is 30.4. The molecule has 4 aromatic rings. The zero-order valence-corrected chi connectivity index (χ0v) is 24.5. The van der Waals surface area contributed by atoms with Crippen molar-refractivity contribution >= 4 is 57.7 Å². The van der Waals surface area contributed by atoms with Gasteiger partial charge in [0.1, 0.15) is 0 Å². The van der Waals surface area contributed by atoms with Crippen molar-refractivity contribution in [2.75, 3.05) is 10.2 Å². The Balaban J connectivity index is 1.17. The summed E-state index contributed by atoms with van der Waals surface area (Å²) in [4.78, 5) is 30.7. The number of aromatic nitrogens is 1. The Bertz CT molecular complexity index is 1900. The first-order chi connectivity index (χ1) is 21.4. The average Bonchev–Trinajstić information content (AvgIpc) is 3.71. The number of fused-ring (bicyclic) bond motifs is 6. The lowest BCUT2D eigenvalue weighted by Gasteiger charge is -2.27. The van der Waals surface area contributed by atoms with Crippen LogP contribution in [0.4, 0.5) is 17.1 Å². The molecule has 3 aliphatic rings. The van der Waals surface area contributed by atoms with Gasteiger partial charge in [0.2, 0.25) is 0 Å². The summed E-state index contributed by atoms with van der Waals surface area (Å²) >= 11 is 0. The van der Waals surface area contributed by atoms with Crippen LogP contribution in [0.5, 0.6) is 0 Å². The van der Waals surface area contributed by atoms with E-state index in [1.54, 1.807) is 30.3 Å². The van der Waals surface area contributed by atoms with Crippen molar-refractivity contribution in [2.24, 2.45) is 5.92 Å². The summed E-state index contributed by atoms with van der Waals surface area (Å²) in [5, 5.41) is 21.4. The van der Waals surface area contributed by atoms with Crippen molar-refractivity contribution in [2.45, 2.75) is 44.6 Å². The molecule has 1 saturated carbocycles. The monoisotopic (exact) mass is 582 g/mol. The summed E-state index contributed by atoms with van der Waals surface area (Å²) in [6.45, 7) is 2.25. The Hall–Kier alpha value is -5.17. The third-order valence-electron chi connectivity index (χ3n) is 9.13. The van der Waals surface area contributed by atoms with Gasteiger partial charge >= 0.3 is 5.97 Å². The molecule has 2 aliphatic carbocycles. The second-order valence-corrected chi connectivity index (χ2v) is 12.0. The van der Waals surface area contributed by atoms with Gasteiger partial charge in [-0.25, -0.2) is 4.79 Å². The van der Waals surface area contributed by atoms with Gasteiger partial charge in [0, 0.05) is 51.2 Å². The van der Waals surface area contributed by atoms with Crippen LogP contribution in [0.1, 0.15) is 54.5 Å². The quantitative estimate of drug-likeness (QED) is 0.101. The highest BCUT2D eigenvalue weighted by atomic mass is 16.4. The number of anilines is 3. The number of carboxylic acids is 1. The fourth-order valence-corrected chi connectivity index (χ4v) is 7.09. The van der Waals surface area contributed by atoms with Gasteiger partial charge in [0.25, 0.3) is 5.91 Å². The van der Waals surface area contributed by atoms with Crippen molar-refractivity contribution in [1.29, 1.82) is 5.41 Å². The number of aliphatic carboxylic acids is 1. The number of allylic oxidation sites excluding steroid dienone is 3. The van der Waals surface area contributed by atoms with E-state index in [9.17, 15) is 14.7 Å². The predicted molar refractivity (Wildman–Crippen MR) is 177 cm³/mol. The van der Waals surface area contributed by atoms with Crippen molar-refractivity contribution in [3.05, 3.63) is 113 Å². The highest BCUT2D eigenvalue weighted by Gasteiger charge is 2.42. The summed E-state index contributed by atoms with van der Waals surface area (Å²) in [6.07, 6.45) is 14.0. The summed E-state index contributed by atoms with van der Waals surface area (Å²) in [5.74, 6) is -1.11. The standard InChI is InChI=1S/C37H34N4O3/c1-22-13-16-26-27-17-15-25(21-32(27)40-31(26)19-22)41-33-12-6-10-28(33)30-20-23(14-18-34(30)41)7-5-11-29(35(38)37(43)44)36(42)39-24-8-3-2-4-9-24/h2-5,7-9,11,13-18,20-22,28,33,38,40H,6,10,12,19H2,1H3,(H,39,42)(H,43,44)/b7-5+,29-11-,38-35?. The lowest BCUT2D eigenvalue weighted by atomic mass is 9.95. The molecule has 7 rings (SSSR count). The molecule has 0 spiro atoms. The van der Waals surface area contributed by atoms with E-state index < -0.39 is 17.6 Å². The van der Waals surface area contributed by atoms with Gasteiger partial charge in [-0.3, -0.25) is 10.2 Å². The van der Waals surface area contributed by atoms with Crippen LogP contribution < -0.4 is 10.2 Å². The molecule has 7 heteroatoms. The van der Waals surface area contributed by atoms with Gasteiger partial charge in [0.15, 0.2) is 5.71 Å². The van der Waals surface area contributed by atoms with Gasteiger partial charge in [-0.05, 0) is 78.8 Å². The molecule has 220 valence electrons. The second kappa shape index (κ2) is 11.2. The van der Waals surface area contributed by atoms with Gasteiger partial charge < -0.3 is 20.3 Å². The van der Waals surface area contributed by atoms with Gasteiger partial charge in [-0.15, -0.1) is 0 Å². The van der Waals surface area contributed by atoms with Crippen LogP contribution in [0.2, 0.25) is 0 Å². The number of nitrogens with one attached hydrogen (secondary N) is 3. The normalized spacial score (nSPS) is 20.5. The van der Waals surface area contributed by atoms with Crippen molar-refractivity contribution < 1.29 is 14.7 Å². The lowest BCUT2D eigenvalue weighted by Crippen LogP contribution is -2.26. The van der Waals surface area contributed by atoms with Crippen LogP contribution in [0.25, 0.3) is 23.1 Å². The maximum atomic E-state index is 12.9. The van der Waals surface area contributed by atoms with Gasteiger partial charge in [-0.2, -0.15) is 0 Å². The maximum absolute atomic E-state index is 12.9. The van der Waals surface area contributed by atoms with E-state index in [0.717, 1.165) is 24.8 Å². The molecule has 0 saturated heterocycles. The Morgan fingerprint density at radius 3 is 2.73 bits per heavy atom. The minimum absolute atomic E-state index is 0.216. The number of benzene rings is 3. The SMILES string of the molecule is CC1C=Cc2c([nH]c3cc(N4c5ccc(/C=C/C=C(/C(=N)C(=O)O)C(=O)Nc6ccccc6)cc5C5CCCC54)ccc23)C1. The Morgan fingerprint density at radius 2 is 1.91 bits per heavy atom. The highest BCUT2D eigenvalue weighted by Crippen LogP contribution is 2.52. The van der Waals surface area contributed by atoms with Crippen LogP contribution in [-0.4, -0.2) is 33.7 Å². The number of carbonyl (C=O) groups excluding carboxylic acids is 1. The second-order valence-electron chi connectivity index (χ2n) is 12.0. The number of H-pyrrole nitrogens is 1. The van der Waals surface area contributed by atoms with Crippen LogP contribution in [0, 0.1) is 11.3 Å². The molecular formula is C37H34N4O3. The average molecular weight is 583 g/mol. The Kier molecular flexibility index (Phi) is 7.01. The molecule has 1 fully saturated rings. The molecule has 3 unspecified atom stereocenters. The van der Waals surface area contributed by atoms with E-state index in [2.05, 4.69) is 70.7 Å². The number of amides is 1. The van der Waals surface area contributed by atoms with Gasteiger partial charge in [0.05, 0.1) is 5.57 Å². The number of carboxylic acid groups (broad SMARTS) is 1. The number of hydrogen-bond donors (Lipinski definition) is 4. The number of rotatable bonds is 7. The molecule has 2 heterocycles. The molecule has 3 aromatic carbocycles. The zero-order valence-electron chi connectivity index (χ0n) is 24.5. The molecular weight excluding hydrogens is 548 g/mol.